The summed E-state index contributed by atoms with van der Waals surface area (Å²) >= 11 is 0. The summed E-state index contributed by atoms with van der Waals surface area (Å²) in [6.45, 7) is 6.99. The number of hydrogen-bond donors (Lipinski definition) is 1. The summed E-state index contributed by atoms with van der Waals surface area (Å²) in [4.78, 5) is 0. The third-order valence-corrected chi connectivity index (χ3v) is 4.80. The second kappa shape index (κ2) is 7.26. The van der Waals surface area contributed by atoms with Crippen LogP contribution in [0, 0.1) is 17.8 Å². The van der Waals surface area contributed by atoms with Gasteiger partial charge in [0.1, 0.15) is 0 Å². The Hall–Kier alpha value is -0.820. The van der Waals surface area contributed by atoms with Gasteiger partial charge in [0.25, 0.3) is 0 Å². The van der Waals surface area contributed by atoms with E-state index in [2.05, 4.69) is 57.4 Å². The lowest BCUT2D eigenvalue weighted by atomic mass is 9.77. The van der Waals surface area contributed by atoms with Crippen LogP contribution in [0.2, 0.25) is 0 Å². The third-order valence-electron chi connectivity index (χ3n) is 4.80. The lowest BCUT2D eigenvalue weighted by Gasteiger charge is -2.33. The highest BCUT2D eigenvalue weighted by Gasteiger charge is 2.26. The standard InChI is InChI=1S/C19H31N/c1-14(2)12-16-6-5-7-18(13-16)19(20-4)17-10-8-15(3)9-11-17/h5-7,13-15,17,19-20H,8-12H2,1-4H3. The zero-order valence-electron chi connectivity index (χ0n) is 13.7. The smallest absolute Gasteiger partial charge is 0.0346 e. The number of benzene rings is 1. The van der Waals surface area contributed by atoms with Gasteiger partial charge in [-0.2, -0.15) is 0 Å². The van der Waals surface area contributed by atoms with Crippen LogP contribution in [0.15, 0.2) is 24.3 Å². The monoisotopic (exact) mass is 273 g/mol. The van der Waals surface area contributed by atoms with Gasteiger partial charge < -0.3 is 5.32 Å². The summed E-state index contributed by atoms with van der Waals surface area (Å²) in [5.74, 6) is 2.47. The molecule has 1 N–H and O–H groups in total. The van der Waals surface area contributed by atoms with Crippen LogP contribution in [0.1, 0.15) is 63.6 Å². The van der Waals surface area contributed by atoms with Crippen molar-refractivity contribution in [3.8, 4) is 0 Å². The maximum absolute atomic E-state index is 3.58. The first-order valence-corrected chi connectivity index (χ1v) is 8.36. The summed E-state index contributed by atoms with van der Waals surface area (Å²) in [6.07, 6.45) is 6.73. The van der Waals surface area contributed by atoms with E-state index in [9.17, 15) is 0 Å². The molecule has 0 aliphatic heterocycles. The molecule has 1 aromatic rings. The fourth-order valence-electron chi connectivity index (χ4n) is 3.68. The first-order valence-electron chi connectivity index (χ1n) is 8.36. The molecule has 1 aliphatic rings. The Morgan fingerprint density at radius 2 is 1.85 bits per heavy atom. The summed E-state index contributed by atoms with van der Waals surface area (Å²) in [5, 5.41) is 3.58. The molecule has 2 rings (SSSR count). The Kier molecular flexibility index (Phi) is 5.65. The first-order chi connectivity index (χ1) is 9.60. The quantitative estimate of drug-likeness (QED) is 0.798. The van der Waals surface area contributed by atoms with Crippen molar-refractivity contribution >= 4 is 0 Å². The summed E-state index contributed by atoms with van der Waals surface area (Å²) < 4.78 is 0. The van der Waals surface area contributed by atoms with Crippen molar-refractivity contribution in [3.63, 3.8) is 0 Å². The van der Waals surface area contributed by atoms with Gasteiger partial charge in [0.2, 0.25) is 0 Å². The van der Waals surface area contributed by atoms with Crippen molar-refractivity contribution in [2.45, 2.75) is 58.9 Å². The predicted molar refractivity (Wildman–Crippen MR) is 87.9 cm³/mol. The van der Waals surface area contributed by atoms with E-state index in [1.165, 1.54) is 43.2 Å². The lowest BCUT2D eigenvalue weighted by molar-refractivity contribution is 0.238. The molecule has 1 atom stereocenters. The van der Waals surface area contributed by atoms with Crippen molar-refractivity contribution in [2.75, 3.05) is 7.05 Å². The molecule has 1 saturated carbocycles. The Labute approximate surface area is 125 Å². The molecular formula is C19H31N. The molecule has 0 heterocycles. The molecule has 1 aliphatic carbocycles. The van der Waals surface area contributed by atoms with Gasteiger partial charge in [0, 0.05) is 6.04 Å². The van der Waals surface area contributed by atoms with E-state index >= 15 is 0 Å². The molecule has 1 unspecified atom stereocenters. The van der Waals surface area contributed by atoms with Crippen molar-refractivity contribution in [1.82, 2.24) is 5.32 Å². The highest BCUT2D eigenvalue weighted by Crippen LogP contribution is 2.36. The largest absolute Gasteiger partial charge is 0.313 e. The van der Waals surface area contributed by atoms with Gasteiger partial charge in [0.05, 0.1) is 0 Å². The molecule has 20 heavy (non-hydrogen) atoms. The van der Waals surface area contributed by atoms with Crippen molar-refractivity contribution < 1.29 is 0 Å². The predicted octanol–water partition coefficient (Wildman–Crippen LogP) is 4.97. The first kappa shape index (κ1) is 15.6. The minimum atomic E-state index is 0.537. The van der Waals surface area contributed by atoms with Crippen molar-refractivity contribution in [3.05, 3.63) is 35.4 Å². The second-order valence-corrected chi connectivity index (χ2v) is 7.13. The van der Waals surface area contributed by atoms with Crippen LogP contribution in [0.3, 0.4) is 0 Å². The van der Waals surface area contributed by atoms with Gasteiger partial charge in [0.15, 0.2) is 0 Å². The zero-order chi connectivity index (χ0) is 14.5. The molecular weight excluding hydrogens is 242 g/mol. The minimum absolute atomic E-state index is 0.537. The van der Waals surface area contributed by atoms with Gasteiger partial charge in [-0.05, 0) is 55.2 Å². The fraction of sp³-hybridized carbons (Fsp3) is 0.684. The number of hydrogen-bond acceptors (Lipinski definition) is 1. The molecule has 1 fully saturated rings. The van der Waals surface area contributed by atoms with Crippen molar-refractivity contribution in [2.24, 2.45) is 17.8 Å². The Morgan fingerprint density at radius 1 is 1.15 bits per heavy atom. The number of rotatable bonds is 5. The average molecular weight is 273 g/mol. The molecule has 1 nitrogen and oxygen atoms in total. The third kappa shape index (κ3) is 4.09. The average Bonchev–Trinajstić information content (AvgIpc) is 2.41. The molecule has 1 aromatic carbocycles. The fourth-order valence-corrected chi connectivity index (χ4v) is 3.68. The molecule has 0 bridgehead atoms. The number of nitrogens with one attached hydrogen (secondary N) is 1. The summed E-state index contributed by atoms with van der Waals surface area (Å²) in [5.41, 5.74) is 2.98. The van der Waals surface area contributed by atoms with Crippen LogP contribution in [0.25, 0.3) is 0 Å². The van der Waals surface area contributed by atoms with E-state index in [1.807, 2.05) is 0 Å². The summed E-state index contributed by atoms with van der Waals surface area (Å²) in [7, 11) is 2.12. The maximum Gasteiger partial charge on any atom is 0.0346 e. The van der Waals surface area contributed by atoms with Crippen LogP contribution < -0.4 is 5.32 Å². The molecule has 0 radical (unpaired) electrons. The lowest BCUT2D eigenvalue weighted by Crippen LogP contribution is -2.28. The van der Waals surface area contributed by atoms with Gasteiger partial charge in [-0.25, -0.2) is 0 Å². The topological polar surface area (TPSA) is 12.0 Å². The van der Waals surface area contributed by atoms with Crippen LogP contribution in [0.5, 0.6) is 0 Å². The molecule has 0 aromatic heterocycles. The van der Waals surface area contributed by atoms with E-state index in [0.29, 0.717) is 6.04 Å². The second-order valence-electron chi connectivity index (χ2n) is 7.13. The Bertz CT molecular complexity index is 402. The van der Waals surface area contributed by atoms with Crippen LogP contribution in [0.4, 0.5) is 0 Å². The van der Waals surface area contributed by atoms with Crippen molar-refractivity contribution in [1.29, 1.82) is 0 Å². The molecule has 0 amide bonds. The van der Waals surface area contributed by atoms with E-state index in [-0.39, 0.29) is 0 Å². The van der Waals surface area contributed by atoms with Crippen LogP contribution in [-0.4, -0.2) is 7.05 Å². The van der Waals surface area contributed by atoms with Gasteiger partial charge in [-0.1, -0.05) is 57.9 Å². The van der Waals surface area contributed by atoms with Gasteiger partial charge >= 0.3 is 0 Å². The molecule has 1 heteroatoms. The van der Waals surface area contributed by atoms with Crippen LogP contribution >= 0.6 is 0 Å². The van der Waals surface area contributed by atoms with E-state index in [1.54, 1.807) is 0 Å². The SMILES string of the molecule is CNC(c1cccc(CC(C)C)c1)C1CCC(C)CC1. The van der Waals surface area contributed by atoms with E-state index in [4.69, 9.17) is 0 Å². The Balaban J connectivity index is 2.10. The maximum atomic E-state index is 3.58. The highest BCUT2D eigenvalue weighted by molar-refractivity contribution is 5.27. The zero-order valence-corrected chi connectivity index (χ0v) is 13.7. The van der Waals surface area contributed by atoms with E-state index < -0.39 is 0 Å². The van der Waals surface area contributed by atoms with Gasteiger partial charge in [-0.3, -0.25) is 0 Å². The summed E-state index contributed by atoms with van der Waals surface area (Å²) in [6, 6.07) is 9.79. The molecule has 0 saturated heterocycles. The van der Waals surface area contributed by atoms with Crippen LogP contribution in [-0.2, 0) is 6.42 Å². The minimum Gasteiger partial charge on any atom is -0.313 e. The highest BCUT2D eigenvalue weighted by atomic mass is 14.9. The Morgan fingerprint density at radius 3 is 2.45 bits per heavy atom. The van der Waals surface area contributed by atoms with Gasteiger partial charge in [-0.15, -0.1) is 0 Å². The normalized spacial score (nSPS) is 24.9. The van der Waals surface area contributed by atoms with E-state index in [0.717, 1.165) is 17.8 Å². The molecule has 0 spiro atoms. The molecule has 112 valence electrons.